The molecule has 4 aliphatic rings. The number of nitrogens with zero attached hydrogens (tertiary/aromatic N) is 9. The Morgan fingerprint density at radius 2 is 0.928 bits per heavy atom. The number of nitrogen functional groups attached to an aromatic ring is 1. The molecule has 0 saturated carbocycles. The second-order valence-electron chi connectivity index (χ2n) is 20.6. The maximum absolute atomic E-state index is 12.8. The first-order valence-electron chi connectivity index (χ1n) is 30.4. The molecule has 32 nitrogen and oxygen atoms in total. The lowest BCUT2D eigenvalue weighted by Gasteiger charge is -2.29. The van der Waals surface area contributed by atoms with Crippen molar-refractivity contribution in [3.63, 3.8) is 0 Å². The number of morpholine rings is 4. The van der Waals surface area contributed by atoms with Crippen LogP contribution >= 0.6 is 11.6 Å². The molecule has 0 radical (unpaired) electrons. The Balaban J connectivity index is 0.000000172. The van der Waals surface area contributed by atoms with Crippen molar-refractivity contribution in [3.8, 4) is 0 Å². The molecule has 0 atom stereocenters. The lowest BCUT2D eigenvalue weighted by Crippen LogP contribution is -2.36. The van der Waals surface area contributed by atoms with Crippen LogP contribution in [-0.2, 0) is 42.6 Å². The van der Waals surface area contributed by atoms with Crippen molar-refractivity contribution in [2.45, 2.75) is 20.8 Å². The predicted octanol–water partition coefficient (Wildman–Crippen LogP) is 8.04. The maximum atomic E-state index is 12.8. The summed E-state index contributed by atoms with van der Waals surface area (Å²) in [5.74, 6) is -2.49. The summed E-state index contributed by atoms with van der Waals surface area (Å²) in [6.07, 6.45) is -1.33. The van der Waals surface area contributed by atoms with E-state index in [-0.39, 0.29) is 58.6 Å². The minimum atomic E-state index is -0.899. The number of halogens is 2. The van der Waals surface area contributed by atoms with Gasteiger partial charge in [0.1, 0.15) is 22.1 Å². The summed E-state index contributed by atoms with van der Waals surface area (Å²) >= 11 is 6.21. The Kier molecular flexibility index (Phi) is 28.1. The van der Waals surface area contributed by atoms with E-state index in [1.165, 1.54) is 26.4 Å². The maximum Gasteiger partial charge on any atom is 0.413 e. The topological polar surface area (TPSA) is 389 Å². The van der Waals surface area contributed by atoms with Gasteiger partial charge in [-0.15, -0.1) is 0 Å². The number of carbonyl (C=O) groups is 5. The summed E-state index contributed by atoms with van der Waals surface area (Å²) in [4.78, 5) is 113. The molecule has 7 aromatic rings. The van der Waals surface area contributed by atoms with Gasteiger partial charge in [-0.05, 0) is 99.6 Å². The number of benzene rings is 5. The van der Waals surface area contributed by atoms with Gasteiger partial charge in [0.05, 0.1) is 119 Å². The van der Waals surface area contributed by atoms with E-state index in [1.807, 2.05) is 35.2 Å². The molecule has 518 valence electrons. The minimum absolute atomic E-state index is 0.0131. The number of amides is 2. The molecule has 4 saturated heterocycles. The minimum Gasteiger partial charge on any atom is -0.462 e. The Morgan fingerprint density at radius 3 is 1.38 bits per heavy atom. The standard InChI is InChI=1S/C14H15ClN4O3.C14H16N4O4.C13H16N2O5.C13H18N2O3.C9H8FNO4/c1-21-14(20)18-13-16-11-3-2-9(8-10(11)12(15)17-13)19-4-6-22-7-5-19;1-21-14(20)17-13-15-11-3-2-9(8-10(11)12(19)16-13)18-4-6-22-7-5-18;1-2-20-13(16)11-9-10(3-4-12(11)15(17)18)14-5-7-19-8-6-14;1-2-18-13(16)11-9-10(3-4-12(11)14)15-5-7-17-8-6-15;1-2-15-9(12)7-5-6(10)3-4-8(7)11(13)14/h2-3,8H,4-7H2,1H3,(H,16,17,18,20);2-3,8H,4-7H2,1H3,(H2,15,16,17,19,20);3-4,9H,2,5-8H2,1H3;3-4,9H,2,5-8,14H2,1H3;3-5H,2H2,1H3. The summed E-state index contributed by atoms with van der Waals surface area (Å²) < 4.78 is 57.4. The van der Waals surface area contributed by atoms with E-state index in [1.54, 1.807) is 51.1 Å². The smallest absolute Gasteiger partial charge is 0.413 e. The van der Waals surface area contributed by atoms with Crippen molar-refractivity contribution >= 4 is 115 Å². The highest BCUT2D eigenvalue weighted by Crippen LogP contribution is 2.30. The molecule has 4 aliphatic heterocycles. The number of ether oxygens (including phenoxy) is 9. The van der Waals surface area contributed by atoms with Gasteiger partial charge in [-0.3, -0.25) is 40.6 Å². The Morgan fingerprint density at radius 1 is 0.546 bits per heavy atom. The Bertz CT molecular complexity index is 3960. The molecule has 2 amide bonds. The van der Waals surface area contributed by atoms with Crippen LogP contribution in [0.15, 0.2) is 95.8 Å². The number of anilines is 7. The van der Waals surface area contributed by atoms with Gasteiger partial charge in [0, 0.05) is 98.3 Å². The third-order valence-corrected chi connectivity index (χ3v) is 14.8. The third kappa shape index (κ3) is 21.2. The molecule has 2 aromatic heterocycles. The van der Waals surface area contributed by atoms with Crippen LogP contribution in [0.2, 0.25) is 5.15 Å². The van der Waals surface area contributed by atoms with E-state index in [0.29, 0.717) is 100 Å². The molecule has 5 aromatic carbocycles. The van der Waals surface area contributed by atoms with Crippen LogP contribution in [0.4, 0.5) is 65.7 Å². The molecule has 5 N–H and O–H groups in total. The van der Waals surface area contributed by atoms with E-state index < -0.39 is 45.5 Å². The van der Waals surface area contributed by atoms with Crippen molar-refractivity contribution in [1.29, 1.82) is 0 Å². The zero-order chi connectivity index (χ0) is 70.0. The second kappa shape index (κ2) is 36.9. The number of nitro groups is 2. The fraction of sp³-hybridized carbons (Fsp3) is 0.381. The fourth-order valence-electron chi connectivity index (χ4n) is 9.71. The Labute approximate surface area is 559 Å². The van der Waals surface area contributed by atoms with Gasteiger partial charge in [-0.25, -0.2) is 43.3 Å². The normalized spacial score (nSPS) is 14.2. The summed E-state index contributed by atoms with van der Waals surface area (Å²) in [5.41, 5.74) is 10.2. The monoisotopic (exact) mass is 1370 g/mol. The Hall–Kier alpha value is -10.6. The molecule has 0 aliphatic carbocycles. The van der Waals surface area contributed by atoms with Gasteiger partial charge >= 0.3 is 30.1 Å². The SMILES string of the molecule is CCOC(=O)c1cc(F)ccc1[N+](=O)[O-].CCOC(=O)c1cc(N2CCOCC2)ccc1N.CCOC(=O)c1cc(N2CCOCC2)ccc1[N+](=O)[O-].COC(=O)Nc1nc(Cl)c2cc(N3CCOCC3)ccc2n1.COC(=O)Nc1nc2ccc(N3CCOCC3)cc2c(=O)[nH]1. The lowest BCUT2D eigenvalue weighted by molar-refractivity contribution is -0.385. The molecule has 0 spiro atoms. The predicted molar refractivity (Wildman–Crippen MR) is 356 cm³/mol. The molecule has 0 bridgehead atoms. The number of nitrogens with one attached hydrogen (secondary N) is 3. The zero-order valence-corrected chi connectivity index (χ0v) is 54.5. The number of esters is 3. The number of hydrogen-bond acceptors (Lipinski definition) is 27. The van der Waals surface area contributed by atoms with Gasteiger partial charge in [0.25, 0.3) is 16.9 Å². The number of hydrogen-bond donors (Lipinski definition) is 4. The highest BCUT2D eigenvalue weighted by Gasteiger charge is 2.26. The molecule has 4 fully saturated rings. The van der Waals surface area contributed by atoms with Gasteiger partial charge < -0.3 is 68.0 Å². The fourth-order valence-corrected chi connectivity index (χ4v) is 9.94. The van der Waals surface area contributed by atoms with Crippen LogP contribution in [0.1, 0.15) is 51.8 Å². The van der Waals surface area contributed by atoms with E-state index >= 15 is 0 Å². The number of carbonyl (C=O) groups excluding carboxylic acids is 5. The van der Waals surface area contributed by atoms with Crippen molar-refractivity contribution < 1.29 is 80.8 Å². The molecular weight excluding hydrogens is 1300 g/mol. The number of H-pyrrole nitrogens is 1. The van der Waals surface area contributed by atoms with Crippen molar-refractivity contribution in [2.75, 3.05) is 175 Å². The van der Waals surface area contributed by atoms with E-state index in [0.717, 1.165) is 85.6 Å². The van der Waals surface area contributed by atoms with Crippen molar-refractivity contribution in [3.05, 3.63) is 149 Å². The van der Waals surface area contributed by atoms with Crippen LogP contribution in [0, 0.1) is 26.0 Å². The quantitative estimate of drug-likeness (QED) is 0.0200. The van der Waals surface area contributed by atoms with Crippen LogP contribution in [0.3, 0.4) is 0 Å². The molecular formula is C63H73ClFN13O19. The average molecular weight is 1370 g/mol. The van der Waals surface area contributed by atoms with Gasteiger partial charge in [-0.2, -0.15) is 0 Å². The first kappa shape index (κ1) is 73.8. The number of fused-ring (bicyclic) bond motifs is 2. The summed E-state index contributed by atoms with van der Waals surface area (Å²) in [6, 6.07) is 23.8. The molecule has 34 heteroatoms. The summed E-state index contributed by atoms with van der Waals surface area (Å²) in [6.45, 7) is 17.3. The highest BCUT2D eigenvalue weighted by atomic mass is 35.5. The average Bonchev–Trinajstić information content (AvgIpc) is 0.838. The number of rotatable bonds is 14. The molecule has 6 heterocycles. The number of aromatic nitrogens is 4. The summed E-state index contributed by atoms with van der Waals surface area (Å²) in [5, 5.41) is 27.7. The highest BCUT2D eigenvalue weighted by molar-refractivity contribution is 6.34. The van der Waals surface area contributed by atoms with Crippen LogP contribution in [0.5, 0.6) is 0 Å². The molecule has 97 heavy (non-hydrogen) atoms. The van der Waals surface area contributed by atoms with Crippen molar-refractivity contribution in [2.24, 2.45) is 0 Å². The largest absolute Gasteiger partial charge is 0.462 e. The van der Waals surface area contributed by atoms with E-state index in [9.17, 15) is 53.4 Å². The van der Waals surface area contributed by atoms with Crippen LogP contribution < -0.4 is 41.5 Å². The first-order chi connectivity index (χ1) is 46.7. The van der Waals surface area contributed by atoms with Crippen LogP contribution in [0.25, 0.3) is 21.8 Å². The summed E-state index contributed by atoms with van der Waals surface area (Å²) in [7, 11) is 2.51. The third-order valence-electron chi connectivity index (χ3n) is 14.5. The molecule has 0 unspecified atom stereocenters. The van der Waals surface area contributed by atoms with E-state index in [2.05, 4.69) is 59.5 Å². The second-order valence-corrected chi connectivity index (χ2v) is 21.0. The number of nitrogens with two attached hydrogens (primary N) is 1. The van der Waals surface area contributed by atoms with Gasteiger partial charge in [0.15, 0.2) is 0 Å². The van der Waals surface area contributed by atoms with Crippen LogP contribution in [-0.4, -0.2) is 199 Å². The van der Waals surface area contributed by atoms with E-state index in [4.69, 9.17) is 45.8 Å². The van der Waals surface area contributed by atoms with Gasteiger partial charge in [0.2, 0.25) is 11.9 Å². The zero-order valence-electron chi connectivity index (χ0n) is 53.7. The van der Waals surface area contributed by atoms with Crippen molar-refractivity contribution in [1.82, 2.24) is 19.9 Å². The first-order valence-corrected chi connectivity index (χ1v) is 30.8. The number of aromatic amines is 1. The number of nitro benzene ring substituents is 2. The van der Waals surface area contributed by atoms with Gasteiger partial charge in [-0.1, -0.05) is 11.6 Å². The molecule has 11 rings (SSSR count). The lowest BCUT2D eigenvalue weighted by atomic mass is 10.1. The number of methoxy groups -OCH3 is 2.